The first-order chi connectivity index (χ1) is 13.1. The van der Waals surface area contributed by atoms with Crippen LogP contribution in [-0.4, -0.2) is 22.4 Å². The summed E-state index contributed by atoms with van der Waals surface area (Å²) < 4.78 is 0. The van der Waals surface area contributed by atoms with Crippen molar-refractivity contribution in [3.8, 4) is 6.07 Å². The van der Waals surface area contributed by atoms with Gasteiger partial charge in [-0.05, 0) is 42.3 Å². The van der Waals surface area contributed by atoms with E-state index in [1.807, 2.05) is 30.3 Å². The van der Waals surface area contributed by atoms with Gasteiger partial charge in [0.05, 0.1) is 17.2 Å². The summed E-state index contributed by atoms with van der Waals surface area (Å²) in [6, 6.07) is 16.6. The summed E-state index contributed by atoms with van der Waals surface area (Å²) in [4.78, 5) is 20.5. The first-order valence-corrected chi connectivity index (χ1v) is 8.64. The summed E-state index contributed by atoms with van der Waals surface area (Å²) in [5.41, 5.74) is 2.71. The third-order valence-corrected chi connectivity index (χ3v) is 4.03. The number of aromatic nitrogens is 2. The van der Waals surface area contributed by atoms with Gasteiger partial charge in [-0.15, -0.1) is 0 Å². The van der Waals surface area contributed by atoms with Gasteiger partial charge < -0.3 is 10.6 Å². The molecule has 1 aromatic heterocycles. The van der Waals surface area contributed by atoms with Gasteiger partial charge in [0.2, 0.25) is 5.95 Å². The second-order valence-electron chi connectivity index (χ2n) is 5.75. The lowest BCUT2D eigenvalue weighted by Gasteiger charge is -2.07. The number of carbonyl (C=O) groups is 1. The summed E-state index contributed by atoms with van der Waals surface area (Å²) in [7, 11) is 0. The Bertz CT molecular complexity index is 965. The molecule has 0 saturated carbocycles. The molecule has 0 radical (unpaired) electrons. The zero-order chi connectivity index (χ0) is 19.1. The van der Waals surface area contributed by atoms with Gasteiger partial charge in [-0.25, -0.2) is 9.97 Å². The summed E-state index contributed by atoms with van der Waals surface area (Å²) in [5.74, 6) is 0.116. The first kappa shape index (κ1) is 18.4. The number of hydrogen-bond acceptors (Lipinski definition) is 5. The number of anilines is 2. The van der Waals surface area contributed by atoms with Gasteiger partial charge in [-0.3, -0.25) is 4.79 Å². The molecule has 0 atom stereocenters. The van der Waals surface area contributed by atoms with Gasteiger partial charge in [0.15, 0.2) is 0 Å². The van der Waals surface area contributed by atoms with Crippen LogP contribution in [0.15, 0.2) is 60.9 Å². The van der Waals surface area contributed by atoms with Crippen LogP contribution in [0.5, 0.6) is 0 Å². The van der Waals surface area contributed by atoms with Crippen LogP contribution in [-0.2, 0) is 6.42 Å². The normalized spacial score (nSPS) is 10.1. The molecule has 0 unspecified atom stereocenters. The van der Waals surface area contributed by atoms with E-state index in [0.717, 1.165) is 5.56 Å². The molecule has 1 amide bonds. The predicted octanol–water partition coefficient (Wildman–Crippen LogP) is 3.72. The van der Waals surface area contributed by atoms with Crippen LogP contribution in [0.25, 0.3) is 0 Å². The van der Waals surface area contributed by atoms with Crippen molar-refractivity contribution in [1.82, 2.24) is 15.3 Å². The Morgan fingerprint density at radius 1 is 1.11 bits per heavy atom. The Kier molecular flexibility index (Phi) is 5.98. The lowest BCUT2D eigenvalue weighted by atomic mass is 10.1. The molecule has 2 N–H and O–H groups in total. The number of nitrogens with zero attached hydrogens (tertiary/aromatic N) is 3. The molecule has 6 nitrogen and oxygen atoms in total. The van der Waals surface area contributed by atoms with Crippen LogP contribution in [0.2, 0.25) is 5.02 Å². The monoisotopic (exact) mass is 377 g/mol. The Balaban J connectivity index is 1.53. The zero-order valence-electron chi connectivity index (χ0n) is 14.3. The smallest absolute Gasteiger partial charge is 0.254 e. The SMILES string of the molecule is N#Cc1cccc(Nc2ncc(C(=O)NCCc3ccc(Cl)cc3)cn2)c1. The molecule has 0 spiro atoms. The lowest BCUT2D eigenvalue weighted by molar-refractivity contribution is 0.0953. The van der Waals surface area contributed by atoms with Crippen LogP contribution >= 0.6 is 11.6 Å². The third kappa shape index (κ3) is 5.27. The van der Waals surface area contributed by atoms with E-state index in [2.05, 4.69) is 26.7 Å². The van der Waals surface area contributed by atoms with Crippen LogP contribution in [0.1, 0.15) is 21.5 Å². The maximum absolute atomic E-state index is 12.2. The highest BCUT2D eigenvalue weighted by molar-refractivity contribution is 6.30. The van der Waals surface area contributed by atoms with Crippen molar-refractivity contribution in [1.29, 1.82) is 5.26 Å². The number of nitrogens with one attached hydrogen (secondary N) is 2. The van der Waals surface area contributed by atoms with E-state index in [4.69, 9.17) is 16.9 Å². The highest BCUT2D eigenvalue weighted by atomic mass is 35.5. The molecule has 2 aromatic carbocycles. The van der Waals surface area contributed by atoms with Crippen molar-refractivity contribution in [2.24, 2.45) is 0 Å². The molecule has 0 bridgehead atoms. The van der Waals surface area contributed by atoms with Gasteiger partial charge in [0, 0.05) is 29.6 Å². The average molecular weight is 378 g/mol. The second-order valence-corrected chi connectivity index (χ2v) is 6.18. The van der Waals surface area contributed by atoms with Crippen molar-refractivity contribution in [2.45, 2.75) is 6.42 Å². The molecule has 134 valence electrons. The summed E-state index contributed by atoms with van der Waals surface area (Å²) in [6.07, 6.45) is 3.63. The fraction of sp³-hybridized carbons (Fsp3) is 0.100. The predicted molar refractivity (Wildman–Crippen MR) is 104 cm³/mol. The van der Waals surface area contributed by atoms with E-state index in [1.165, 1.54) is 12.4 Å². The number of hydrogen-bond donors (Lipinski definition) is 2. The fourth-order valence-electron chi connectivity index (χ4n) is 2.38. The fourth-order valence-corrected chi connectivity index (χ4v) is 2.50. The maximum Gasteiger partial charge on any atom is 0.254 e. The molecule has 7 heteroatoms. The van der Waals surface area contributed by atoms with Crippen molar-refractivity contribution in [2.75, 3.05) is 11.9 Å². The minimum Gasteiger partial charge on any atom is -0.352 e. The molecule has 0 aliphatic carbocycles. The second kappa shape index (κ2) is 8.79. The number of amides is 1. The topological polar surface area (TPSA) is 90.7 Å². The molecule has 0 aliphatic rings. The summed E-state index contributed by atoms with van der Waals surface area (Å²) in [6.45, 7) is 0.501. The maximum atomic E-state index is 12.2. The molecule has 0 saturated heterocycles. The summed E-state index contributed by atoms with van der Waals surface area (Å²) in [5, 5.41) is 15.4. The molecule has 3 aromatic rings. The van der Waals surface area contributed by atoms with Gasteiger partial charge >= 0.3 is 0 Å². The van der Waals surface area contributed by atoms with Crippen molar-refractivity contribution in [3.05, 3.63) is 82.6 Å². The van der Waals surface area contributed by atoms with Crippen molar-refractivity contribution >= 4 is 29.1 Å². The van der Waals surface area contributed by atoms with E-state index in [1.54, 1.807) is 18.2 Å². The molecule has 27 heavy (non-hydrogen) atoms. The van der Waals surface area contributed by atoms with E-state index in [0.29, 0.717) is 40.8 Å². The standard InChI is InChI=1S/C20H16ClN5O/c21-17-6-4-14(5-7-17)8-9-23-19(27)16-12-24-20(25-13-16)26-18-3-1-2-15(10-18)11-22/h1-7,10,12-13H,8-9H2,(H,23,27)(H,24,25,26). The highest BCUT2D eigenvalue weighted by Gasteiger charge is 2.07. The number of carbonyl (C=O) groups excluding carboxylic acids is 1. The van der Waals surface area contributed by atoms with Crippen molar-refractivity contribution < 1.29 is 4.79 Å². The highest BCUT2D eigenvalue weighted by Crippen LogP contribution is 2.14. The molecule has 0 fully saturated rings. The van der Waals surface area contributed by atoms with E-state index >= 15 is 0 Å². The number of halogens is 1. The van der Waals surface area contributed by atoms with Crippen LogP contribution < -0.4 is 10.6 Å². The molecule has 3 rings (SSSR count). The van der Waals surface area contributed by atoms with Crippen LogP contribution in [0.3, 0.4) is 0 Å². The Morgan fingerprint density at radius 3 is 2.56 bits per heavy atom. The zero-order valence-corrected chi connectivity index (χ0v) is 15.1. The van der Waals surface area contributed by atoms with Gasteiger partial charge in [-0.1, -0.05) is 29.8 Å². The number of benzene rings is 2. The molecular formula is C20H16ClN5O. The molecule has 0 aliphatic heterocycles. The minimum absolute atomic E-state index is 0.234. The number of rotatable bonds is 6. The quantitative estimate of drug-likeness (QED) is 0.683. The van der Waals surface area contributed by atoms with E-state index in [-0.39, 0.29) is 5.91 Å². The van der Waals surface area contributed by atoms with Gasteiger partial charge in [0.25, 0.3) is 5.91 Å². The Labute approximate surface area is 161 Å². The Hall–Kier alpha value is -3.43. The largest absolute Gasteiger partial charge is 0.352 e. The first-order valence-electron chi connectivity index (χ1n) is 8.26. The summed E-state index contributed by atoms with van der Waals surface area (Å²) >= 11 is 5.85. The van der Waals surface area contributed by atoms with E-state index < -0.39 is 0 Å². The Morgan fingerprint density at radius 2 is 1.85 bits per heavy atom. The third-order valence-electron chi connectivity index (χ3n) is 3.77. The lowest BCUT2D eigenvalue weighted by Crippen LogP contribution is -2.26. The van der Waals surface area contributed by atoms with Gasteiger partial charge in [-0.2, -0.15) is 5.26 Å². The van der Waals surface area contributed by atoms with Crippen LogP contribution in [0.4, 0.5) is 11.6 Å². The van der Waals surface area contributed by atoms with Crippen molar-refractivity contribution in [3.63, 3.8) is 0 Å². The van der Waals surface area contributed by atoms with Crippen LogP contribution in [0, 0.1) is 11.3 Å². The van der Waals surface area contributed by atoms with E-state index in [9.17, 15) is 4.79 Å². The van der Waals surface area contributed by atoms with Gasteiger partial charge in [0.1, 0.15) is 0 Å². The number of nitriles is 1. The average Bonchev–Trinajstić information content (AvgIpc) is 2.70. The molecule has 1 heterocycles. The minimum atomic E-state index is -0.234. The molecular weight excluding hydrogens is 362 g/mol.